The van der Waals surface area contributed by atoms with Crippen LogP contribution in [0.3, 0.4) is 0 Å². The molecule has 0 unspecified atom stereocenters. The molecule has 2 saturated heterocycles. The number of halogens is 3. The van der Waals surface area contributed by atoms with Crippen molar-refractivity contribution in [1.82, 2.24) is 20.0 Å². The molecule has 0 bridgehead atoms. The number of carboxylic acid groups (broad SMARTS) is 1. The van der Waals surface area contributed by atoms with Crippen LogP contribution in [-0.2, 0) is 14.4 Å². The zero-order valence-electron chi connectivity index (χ0n) is 14.2. The number of carbonyl (C=O) groups excluding carboxylic acids is 2. The highest BCUT2D eigenvalue weighted by Gasteiger charge is 2.66. The van der Waals surface area contributed by atoms with Gasteiger partial charge in [-0.1, -0.05) is 0 Å². The van der Waals surface area contributed by atoms with Crippen LogP contribution < -0.4 is 0 Å². The van der Waals surface area contributed by atoms with Gasteiger partial charge < -0.3 is 10.0 Å². The number of β-lactam (4-membered cyclic amide) rings is 1. The minimum atomic E-state index is -5.10. The summed E-state index contributed by atoms with van der Waals surface area (Å²) in [6.45, 7) is 1.44. The van der Waals surface area contributed by atoms with Crippen molar-refractivity contribution in [3.05, 3.63) is 21.3 Å². The van der Waals surface area contributed by atoms with Crippen LogP contribution in [-0.4, -0.2) is 67.7 Å². The Bertz CT molecular complexity index is 931. The van der Waals surface area contributed by atoms with Gasteiger partial charge >= 0.3 is 18.1 Å². The van der Waals surface area contributed by atoms with Crippen LogP contribution in [0, 0.1) is 12.8 Å². The first kappa shape index (κ1) is 19.2. The smallest absolute Gasteiger partial charge is 0.471 e. The van der Waals surface area contributed by atoms with E-state index in [1.807, 2.05) is 0 Å². The molecule has 8 nitrogen and oxygen atoms in total. The average molecular weight is 434 g/mol. The molecule has 0 aliphatic carbocycles. The molecule has 1 N–H and O–H groups in total. The maximum atomic E-state index is 12.9. The molecule has 28 heavy (non-hydrogen) atoms. The van der Waals surface area contributed by atoms with Crippen LogP contribution >= 0.6 is 24.0 Å². The standard InChI is InChI=1S/C15H13F3N4O4S2/c1-4-19-20-11(28-4)10(27)6-2-5-3-21(14(26)15(16,17)18)9-7(5)22(12(9)23)8(6)13(24)25/h5,7,9-10,27H,2-3H2,1H3,(H,24,25)/t5-,7-,9+,10+/m1/s1. The van der Waals surface area contributed by atoms with E-state index in [2.05, 4.69) is 22.8 Å². The normalized spacial score (nSPS) is 27.6. The van der Waals surface area contributed by atoms with E-state index in [4.69, 9.17) is 0 Å². The lowest BCUT2D eigenvalue weighted by Crippen LogP contribution is -2.70. The molecule has 3 aliphatic rings. The van der Waals surface area contributed by atoms with Crippen LogP contribution in [0.25, 0.3) is 0 Å². The minimum absolute atomic E-state index is 0.0982. The Balaban J connectivity index is 1.72. The molecule has 3 aliphatic heterocycles. The number of aryl methyl sites for hydroxylation is 1. The Hall–Kier alpha value is -2.15. The Morgan fingerprint density at radius 3 is 2.57 bits per heavy atom. The number of amides is 2. The first-order chi connectivity index (χ1) is 13.0. The van der Waals surface area contributed by atoms with Gasteiger partial charge in [0.1, 0.15) is 21.8 Å². The fourth-order valence-electron chi connectivity index (χ4n) is 4.16. The number of hydrogen-bond donors (Lipinski definition) is 2. The highest BCUT2D eigenvalue weighted by molar-refractivity contribution is 7.81. The molecule has 0 aromatic carbocycles. The zero-order valence-corrected chi connectivity index (χ0v) is 15.9. The lowest BCUT2D eigenvalue weighted by Gasteiger charge is -2.50. The van der Waals surface area contributed by atoms with Crippen LogP contribution in [0.15, 0.2) is 11.3 Å². The number of aliphatic carboxylic acids is 1. The summed E-state index contributed by atoms with van der Waals surface area (Å²) in [5, 5.41) is 17.8. The summed E-state index contributed by atoms with van der Waals surface area (Å²) in [5.41, 5.74) is -0.0157. The van der Waals surface area contributed by atoms with E-state index >= 15 is 0 Å². The van der Waals surface area contributed by atoms with Crippen LogP contribution in [0.5, 0.6) is 0 Å². The molecule has 1 aromatic rings. The molecule has 13 heteroatoms. The maximum absolute atomic E-state index is 12.9. The van der Waals surface area contributed by atoms with Gasteiger partial charge in [0.15, 0.2) is 0 Å². The van der Waals surface area contributed by atoms with E-state index in [1.165, 1.54) is 11.3 Å². The third-order valence-electron chi connectivity index (χ3n) is 5.20. The Labute approximate surface area is 165 Å². The van der Waals surface area contributed by atoms with Crippen molar-refractivity contribution in [2.24, 2.45) is 5.92 Å². The van der Waals surface area contributed by atoms with Crippen molar-refractivity contribution < 1.29 is 32.7 Å². The van der Waals surface area contributed by atoms with Crippen LogP contribution in [0.4, 0.5) is 13.2 Å². The zero-order chi connectivity index (χ0) is 20.5. The van der Waals surface area contributed by atoms with Gasteiger partial charge in [-0.2, -0.15) is 25.8 Å². The van der Waals surface area contributed by atoms with E-state index in [0.717, 1.165) is 4.90 Å². The molecule has 2 amide bonds. The van der Waals surface area contributed by atoms with Gasteiger partial charge in [-0.3, -0.25) is 14.5 Å². The first-order valence-electron chi connectivity index (χ1n) is 8.17. The molecule has 4 heterocycles. The Morgan fingerprint density at radius 1 is 1.36 bits per heavy atom. The first-order valence-corrected chi connectivity index (χ1v) is 9.51. The van der Waals surface area contributed by atoms with Crippen LogP contribution in [0.2, 0.25) is 0 Å². The van der Waals surface area contributed by atoms with E-state index in [0.29, 0.717) is 14.9 Å². The molecule has 2 fully saturated rings. The van der Waals surface area contributed by atoms with Crippen molar-refractivity contribution in [2.75, 3.05) is 6.54 Å². The summed E-state index contributed by atoms with van der Waals surface area (Å²) in [6.07, 6.45) is -5.00. The molecular weight excluding hydrogens is 421 g/mol. The lowest BCUT2D eigenvalue weighted by atomic mass is 9.78. The number of rotatable bonds is 3. The van der Waals surface area contributed by atoms with E-state index in [1.54, 1.807) is 6.92 Å². The molecule has 0 spiro atoms. The van der Waals surface area contributed by atoms with Gasteiger partial charge in [-0.25, -0.2) is 4.79 Å². The number of nitrogens with zero attached hydrogens (tertiary/aromatic N) is 4. The largest absolute Gasteiger partial charge is 0.477 e. The van der Waals surface area contributed by atoms with Crippen molar-refractivity contribution in [1.29, 1.82) is 0 Å². The Morgan fingerprint density at radius 2 is 2.04 bits per heavy atom. The monoisotopic (exact) mass is 434 g/mol. The number of likely N-dealkylation sites (tertiary alicyclic amines) is 1. The number of aromatic nitrogens is 2. The SMILES string of the molecule is Cc1nnc([C@@H](S)C2=C(C(=O)O)N3C(=O)[C@@H]4[C@H]3[C@H](C2)CN4C(=O)C(F)(F)F)s1. The summed E-state index contributed by atoms with van der Waals surface area (Å²) < 4.78 is 38.6. The number of carbonyl (C=O) groups is 3. The quantitative estimate of drug-likeness (QED) is 0.547. The minimum Gasteiger partial charge on any atom is -0.477 e. The van der Waals surface area contributed by atoms with Gasteiger partial charge in [-0.05, 0) is 18.9 Å². The summed E-state index contributed by atoms with van der Waals surface area (Å²) in [5.74, 6) is -4.79. The van der Waals surface area contributed by atoms with Crippen molar-refractivity contribution in [2.45, 2.75) is 36.9 Å². The maximum Gasteiger partial charge on any atom is 0.471 e. The second-order valence-corrected chi connectivity index (χ2v) is 8.53. The predicted octanol–water partition coefficient (Wildman–Crippen LogP) is 1.16. The lowest BCUT2D eigenvalue weighted by molar-refractivity contribution is -0.190. The molecule has 0 radical (unpaired) electrons. The number of alkyl halides is 3. The topological polar surface area (TPSA) is 104 Å². The van der Waals surface area contributed by atoms with E-state index < -0.39 is 47.2 Å². The Kier molecular flexibility index (Phi) is 4.23. The second-order valence-electron chi connectivity index (χ2n) is 6.80. The third kappa shape index (κ3) is 2.63. The number of carboxylic acids is 1. The molecule has 4 atom stereocenters. The van der Waals surface area contributed by atoms with Crippen molar-refractivity contribution in [3.63, 3.8) is 0 Å². The molecular formula is C15H13F3N4O4S2. The fraction of sp³-hybridized carbons (Fsp3) is 0.533. The van der Waals surface area contributed by atoms with Gasteiger partial charge in [-0.15, -0.1) is 21.5 Å². The molecule has 0 saturated carbocycles. The predicted molar refractivity (Wildman–Crippen MR) is 91.3 cm³/mol. The summed E-state index contributed by atoms with van der Waals surface area (Å²) in [4.78, 5) is 37.6. The summed E-state index contributed by atoms with van der Waals surface area (Å²) in [6, 6.07) is -2.05. The summed E-state index contributed by atoms with van der Waals surface area (Å²) in [7, 11) is 0. The third-order valence-corrected chi connectivity index (χ3v) is 6.84. The molecule has 1 aromatic heterocycles. The van der Waals surface area contributed by atoms with Gasteiger partial charge in [0.25, 0.3) is 5.91 Å². The van der Waals surface area contributed by atoms with Crippen molar-refractivity contribution >= 4 is 41.7 Å². The van der Waals surface area contributed by atoms with Crippen molar-refractivity contribution in [3.8, 4) is 0 Å². The number of hydrogen-bond acceptors (Lipinski definition) is 7. The summed E-state index contributed by atoms with van der Waals surface area (Å²) >= 11 is 5.65. The van der Waals surface area contributed by atoms with Crippen LogP contribution in [0.1, 0.15) is 21.7 Å². The number of thiol groups is 1. The van der Waals surface area contributed by atoms with E-state index in [9.17, 15) is 32.7 Å². The van der Waals surface area contributed by atoms with E-state index in [-0.39, 0.29) is 24.2 Å². The average Bonchev–Trinajstić information content (AvgIpc) is 3.19. The van der Waals surface area contributed by atoms with Gasteiger partial charge in [0, 0.05) is 12.5 Å². The fourth-order valence-corrected chi connectivity index (χ4v) is 5.32. The van der Waals surface area contributed by atoms with Gasteiger partial charge in [0.05, 0.1) is 11.3 Å². The molecule has 4 rings (SSSR count). The highest BCUT2D eigenvalue weighted by atomic mass is 32.1. The van der Waals surface area contributed by atoms with Gasteiger partial charge in [0.2, 0.25) is 0 Å². The molecule has 150 valence electrons. The second kappa shape index (κ2) is 6.17. The highest BCUT2D eigenvalue weighted by Crippen LogP contribution is 2.51.